The van der Waals surface area contributed by atoms with Crippen molar-refractivity contribution in [2.75, 3.05) is 27.9 Å². The van der Waals surface area contributed by atoms with Crippen LogP contribution in [0.5, 0.6) is 23.0 Å². The van der Waals surface area contributed by atoms with E-state index in [1.807, 2.05) is 0 Å². The highest BCUT2D eigenvalue weighted by Gasteiger charge is 2.14. The molecule has 25 heavy (non-hydrogen) atoms. The normalized spacial score (nSPS) is 10.1. The standard InChI is InChI=1S/C18H19FO6/c1-21-15-7-12(8-16(22-2)18(15)23-3)10-25-17(20)11-24-14-6-4-5-13(19)9-14/h4-9H,10-11H2,1-3H3. The van der Waals surface area contributed by atoms with Crippen LogP contribution in [0, 0.1) is 5.82 Å². The summed E-state index contributed by atoms with van der Waals surface area (Å²) in [4.78, 5) is 11.8. The molecule has 7 heteroatoms. The van der Waals surface area contributed by atoms with Gasteiger partial charge in [-0.15, -0.1) is 0 Å². The molecule has 2 rings (SSSR count). The number of carbonyl (C=O) groups is 1. The van der Waals surface area contributed by atoms with Crippen molar-refractivity contribution in [3.05, 3.63) is 47.8 Å². The fourth-order valence-electron chi connectivity index (χ4n) is 2.12. The number of methoxy groups -OCH3 is 3. The van der Waals surface area contributed by atoms with Gasteiger partial charge in [-0.05, 0) is 29.8 Å². The van der Waals surface area contributed by atoms with Gasteiger partial charge in [0.05, 0.1) is 21.3 Å². The van der Waals surface area contributed by atoms with Crippen molar-refractivity contribution < 1.29 is 32.9 Å². The molecular formula is C18H19FO6. The molecule has 2 aromatic carbocycles. The lowest BCUT2D eigenvalue weighted by molar-refractivity contribution is -0.147. The number of ether oxygens (including phenoxy) is 5. The fourth-order valence-corrected chi connectivity index (χ4v) is 2.12. The second-order valence-corrected chi connectivity index (χ2v) is 4.94. The van der Waals surface area contributed by atoms with Crippen LogP contribution in [0.15, 0.2) is 36.4 Å². The Kier molecular flexibility index (Phi) is 6.45. The Morgan fingerprint density at radius 1 is 1.00 bits per heavy atom. The smallest absolute Gasteiger partial charge is 0.344 e. The number of rotatable bonds is 8. The average Bonchev–Trinajstić information content (AvgIpc) is 2.63. The minimum Gasteiger partial charge on any atom is -0.493 e. The highest BCUT2D eigenvalue weighted by molar-refractivity contribution is 5.71. The number of halogens is 1. The SMILES string of the molecule is COc1cc(COC(=O)COc2cccc(F)c2)cc(OC)c1OC. The zero-order valence-corrected chi connectivity index (χ0v) is 14.2. The summed E-state index contributed by atoms with van der Waals surface area (Å²) in [5, 5.41) is 0. The Labute approximate surface area is 145 Å². The van der Waals surface area contributed by atoms with E-state index < -0.39 is 11.8 Å². The van der Waals surface area contributed by atoms with Crippen LogP contribution in [0.4, 0.5) is 4.39 Å². The molecule has 0 aromatic heterocycles. The third-order valence-electron chi connectivity index (χ3n) is 3.28. The molecule has 134 valence electrons. The molecule has 0 saturated heterocycles. The quantitative estimate of drug-likeness (QED) is 0.682. The van der Waals surface area contributed by atoms with Crippen LogP contribution in [0.2, 0.25) is 0 Å². The van der Waals surface area contributed by atoms with E-state index >= 15 is 0 Å². The summed E-state index contributed by atoms with van der Waals surface area (Å²) in [5.74, 6) is 0.605. The van der Waals surface area contributed by atoms with Crippen molar-refractivity contribution in [1.82, 2.24) is 0 Å². The molecule has 0 aliphatic heterocycles. The molecule has 0 aliphatic carbocycles. The summed E-state index contributed by atoms with van der Waals surface area (Å²) < 4.78 is 39.1. The Bertz CT molecular complexity index is 706. The lowest BCUT2D eigenvalue weighted by Gasteiger charge is -2.14. The topological polar surface area (TPSA) is 63.2 Å². The first-order valence-corrected chi connectivity index (χ1v) is 7.40. The molecule has 0 amide bonds. The van der Waals surface area contributed by atoms with Crippen LogP contribution in [-0.2, 0) is 16.1 Å². The van der Waals surface area contributed by atoms with E-state index in [2.05, 4.69) is 0 Å². The van der Waals surface area contributed by atoms with Gasteiger partial charge in [-0.25, -0.2) is 9.18 Å². The van der Waals surface area contributed by atoms with Gasteiger partial charge in [-0.1, -0.05) is 6.07 Å². The molecule has 0 radical (unpaired) electrons. The third kappa shape index (κ3) is 5.00. The highest BCUT2D eigenvalue weighted by atomic mass is 19.1. The summed E-state index contributed by atoms with van der Waals surface area (Å²) in [6, 6.07) is 8.88. The van der Waals surface area contributed by atoms with Crippen molar-refractivity contribution in [2.45, 2.75) is 6.61 Å². The Morgan fingerprint density at radius 3 is 2.24 bits per heavy atom. The van der Waals surface area contributed by atoms with Crippen molar-refractivity contribution in [3.8, 4) is 23.0 Å². The summed E-state index contributed by atoms with van der Waals surface area (Å²) in [6.45, 7) is -0.323. The molecule has 0 fully saturated rings. The molecule has 0 N–H and O–H groups in total. The van der Waals surface area contributed by atoms with Crippen LogP contribution in [0.1, 0.15) is 5.56 Å². The monoisotopic (exact) mass is 350 g/mol. The summed E-state index contributed by atoms with van der Waals surface area (Å²) in [7, 11) is 4.50. The molecule has 2 aromatic rings. The van der Waals surface area contributed by atoms with Gasteiger partial charge in [-0.3, -0.25) is 0 Å². The zero-order chi connectivity index (χ0) is 18.2. The van der Waals surface area contributed by atoms with Crippen molar-refractivity contribution >= 4 is 5.97 Å². The van der Waals surface area contributed by atoms with Crippen LogP contribution >= 0.6 is 0 Å². The van der Waals surface area contributed by atoms with Gasteiger partial charge < -0.3 is 23.7 Å². The Morgan fingerprint density at radius 2 is 1.68 bits per heavy atom. The van der Waals surface area contributed by atoms with Gasteiger partial charge in [0, 0.05) is 6.07 Å². The lowest BCUT2D eigenvalue weighted by Crippen LogP contribution is -2.15. The number of carbonyl (C=O) groups excluding carboxylic acids is 1. The molecule has 0 aliphatic rings. The molecule has 0 spiro atoms. The number of hydrogen-bond donors (Lipinski definition) is 0. The number of esters is 1. The van der Waals surface area contributed by atoms with Crippen LogP contribution < -0.4 is 18.9 Å². The highest BCUT2D eigenvalue weighted by Crippen LogP contribution is 2.38. The molecule has 0 unspecified atom stereocenters. The number of benzene rings is 2. The minimum absolute atomic E-state index is 0.00204. The summed E-state index contributed by atoms with van der Waals surface area (Å²) >= 11 is 0. The first-order valence-electron chi connectivity index (χ1n) is 7.40. The molecule has 0 bridgehead atoms. The largest absolute Gasteiger partial charge is 0.493 e. The predicted octanol–water partition coefficient (Wildman–Crippen LogP) is 2.97. The Balaban J connectivity index is 1.95. The summed E-state index contributed by atoms with van der Waals surface area (Å²) in [5.41, 5.74) is 0.661. The van der Waals surface area contributed by atoms with E-state index in [1.165, 1.54) is 39.5 Å². The van der Waals surface area contributed by atoms with Crippen molar-refractivity contribution in [2.24, 2.45) is 0 Å². The van der Waals surface area contributed by atoms with E-state index in [0.717, 1.165) is 0 Å². The van der Waals surface area contributed by atoms with Gasteiger partial charge in [0.15, 0.2) is 18.1 Å². The van der Waals surface area contributed by atoms with Crippen LogP contribution in [0.3, 0.4) is 0 Å². The van der Waals surface area contributed by atoms with Crippen molar-refractivity contribution in [1.29, 1.82) is 0 Å². The minimum atomic E-state index is -0.585. The maximum atomic E-state index is 13.0. The maximum absolute atomic E-state index is 13.0. The average molecular weight is 350 g/mol. The molecule has 0 saturated carbocycles. The van der Waals surface area contributed by atoms with Crippen LogP contribution in [-0.4, -0.2) is 33.9 Å². The van der Waals surface area contributed by atoms with E-state index in [-0.39, 0.29) is 19.0 Å². The maximum Gasteiger partial charge on any atom is 0.344 e. The van der Waals surface area contributed by atoms with Gasteiger partial charge >= 0.3 is 5.97 Å². The van der Waals surface area contributed by atoms with Crippen molar-refractivity contribution in [3.63, 3.8) is 0 Å². The third-order valence-corrected chi connectivity index (χ3v) is 3.28. The van der Waals surface area contributed by atoms with E-state index in [1.54, 1.807) is 18.2 Å². The van der Waals surface area contributed by atoms with Gasteiger partial charge in [0.2, 0.25) is 5.75 Å². The van der Waals surface area contributed by atoms with E-state index in [0.29, 0.717) is 22.8 Å². The van der Waals surface area contributed by atoms with Gasteiger partial charge in [-0.2, -0.15) is 0 Å². The van der Waals surface area contributed by atoms with Gasteiger partial charge in [0.1, 0.15) is 18.2 Å². The van der Waals surface area contributed by atoms with Gasteiger partial charge in [0.25, 0.3) is 0 Å². The first kappa shape index (κ1) is 18.4. The number of hydrogen-bond acceptors (Lipinski definition) is 6. The molecular weight excluding hydrogens is 331 g/mol. The van der Waals surface area contributed by atoms with E-state index in [4.69, 9.17) is 23.7 Å². The van der Waals surface area contributed by atoms with Crippen LogP contribution in [0.25, 0.3) is 0 Å². The molecule has 0 heterocycles. The summed E-state index contributed by atoms with van der Waals surface area (Å²) in [6.07, 6.45) is 0. The zero-order valence-electron chi connectivity index (χ0n) is 14.2. The molecule has 6 nitrogen and oxygen atoms in total. The predicted molar refractivity (Wildman–Crippen MR) is 87.8 cm³/mol. The second kappa shape index (κ2) is 8.77. The fraction of sp³-hybridized carbons (Fsp3) is 0.278. The van der Waals surface area contributed by atoms with E-state index in [9.17, 15) is 9.18 Å². The Hall–Kier alpha value is -2.96. The second-order valence-electron chi connectivity index (χ2n) is 4.94. The first-order chi connectivity index (χ1) is 12.1. The molecule has 0 atom stereocenters. The lowest BCUT2D eigenvalue weighted by atomic mass is 10.2.